The first-order valence-electron chi connectivity index (χ1n) is 4.39. The molecule has 8 heteroatoms. The Morgan fingerprint density at radius 3 is 2.75 bits per heavy atom. The molecule has 88 valence electrons. The molecule has 1 aromatic heterocycles. The smallest absolute Gasteiger partial charge is 0.267 e. The van der Waals surface area contributed by atoms with Crippen LogP contribution in [0.5, 0.6) is 0 Å². The number of pyridine rings is 1. The Morgan fingerprint density at radius 2 is 2.19 bits per heavy atom. The van der Waals surface area contributed by atoms with E-state index in [1.54, 1.807) is 6.07 Å². The standard InChI is InChI=1S/C8H12N4O3S/c9-8(13)7-5-6(1-2-12-7)11-3-4-16(10,14)15/h1-2,5H,3-4H2,(H2,9,13)(H,11,12)(H2,10,14,15). The highest BCUT2D eigenvalue weighted by Crippen LogP contribution is 2.06. The predicted molar refractivity (Wildman–Crippen MR) is 59.2 cm³/mol. The van der Waals surface area contributed by atoms with Crippen molar-refractivity contribution in [3.63, 3.8) is 0 Å². The van der Waals surface area contributed by atoms with Crippen LogP contribution in [0.15, 0.2) is 18.3 Å². The number of anilines is 1. The number of amides is 1. The van der Waals surface area contributed by atoms with E-state index in [0.717, 1.165) is 0 Å². The van der Waals surface area contributed by atoms with Crippen molar-refractivity contribution >= 4 is 21.6 Å². The maximum absolute atomic E-state index is 10.8. The molecule has 0 saturated heterocycles. The van der Waals surface area contributed by atoms with Gasteiger partial charge < -0.3 is 11.1 Å². The number of sulfonamides is 1. The summed E-state index contributed by atoms with van der Waals surface area (Å²) in [5, 5.41) is 7.61. The van der Waals surface area contributed by atoms with Crippen LogP contribution in [0.25, 0.3) is 0 Å². The van der Waals surface area contributed by atoms with Crippen LogP contribution in [0.4, 0.5) is 5.69 Å². The van der Waals surface area contributed by atoms with Gasteiger partial charge in [0.1, 0.15) is 5.69 Å². The molecular weight excluding hydrogens is 232 g/mol. The molecule has 0 unspecified atom stereocenters. The van der Waals surface area contributed by atoms with E-state index in [4.69, 9.17) is 10.9 Å². The number of primary sulfonamides is 1. The first kappa shape index (κ1) is 12.4. The number of nitrogens with two attached hydrogens (primary N) is 2. The lowest BCUT2D eigenvalue weighted by atomic mass is 10.3. The molecule has 0 radical (unpaired) electrons. The molecule has 0 aliphatic rings. The van der Waals surface area contributed by atoms with Gasteiger partial charge in [0.25, 0.3) is 5.91 Å². The van der Waals surface area contributed by atoms with Crippen molar-refractivity contribution < 1.29 is 13.2 Å². The van der Waals surface area contributed by atoms with Crippen molar-refractivity contribution in [2.45, 2.75) is 0 Å². The van der Waals surface area contributed by atoms with E-state index in [1.807, 2.05) is 0 Å². The number of rotatable bonds is 5. The largest absolute Gasteiger partial charge is 0.384 e. The third-order valence-electron chi connectivity index (χ3n) is 1.73. The third kappa shape index (κ3) is 4.24. The van der Waals surface area contributed by atoms with Crippen LogP contribution in [-0.2, 0) is 10.0 Å². The SMILES string of the molecule is NC(=O)c1cc(NCCS(N)(=O)=O)ccn1. The van der Waals surface area contributed by atoms with Gasteiger partial charge in [0.15, 0.2) is 0 Å². The Bertz CT molecular complexity index is 486. The van der Waals surface area contributed by atoms with Gasteiger partial charge in [-0.25, -0.2) is 13.6 Å². The molecule has 16 heavy (non-hydrogen) atoms. The Morgan fingerprint density at radius 1 is 1.50 bits per heavy atom. The highest BCUT2D eigenvalue weighted by atomic mass is 32.2. The Labute approximate surface area is 92.9 Å². The van der Waals surface area contributed by atoms with Gasteiger partial charge in [-0.2, -0.15) is 0 Å². The molecule has 1 amide bonds. The monoisotopic (exact) mass is 244 g/mol. The number of carbonyl (C=O) groups is 1. The zero-order valence-corrected chi connectivity index (χ0v) is 9.20. The second kappa shape index (κ2) is 4.90. The highest BCUT2D eigenvalue weighted by molar-refractivity contribution is 7.89. The summed E-state index contributed by atoms with van der Waals surface area (Å²) < 4.78 is 21.3. The van der Waals surface area contributed by atoms with Crippen molar-refractivity contribution in [3.8, 4) is 0 Å². The van der Waals surface area contributed by atoms with E-state index in [1.165, 1.54) is 12.3 Å². The predicted octanol–water partition coefficient (Wildman–Crippen LogP) is -1.12. The van der Waals surface area contributed by atoms with Gasteiger partial charge in [-0.05, 0) is 12.1 Å². The van der Waals surface area contributed by atoms with Crippen molar-refractivity contribution in [1.82, 2.24) is 4.98 Å². The van der Waals surface area contributed by atoms with Crippen LogP contribution in [0, 0.1) is 0 Å². The van der Waals surface area contributed by atoms with Crippen molar-refractivity contribution in [2.24, 2.45) is 10.9 Å². The summed E-state index contributed by atoms with van der Waals surface area (Å²) in [5.74, 6) is -0.837. The molecule has 0 aromatic carbocycles. The molecule has 1 aromatic rings. The summed E-state index contributed by atoms with van der Waals surface area (Å²) in [6, 6.07) is 3.03. The Kier molecular flexibility index (Phi) is 3.80. The summed E-state index contributed by atoms with van der Waals surface area (Å²) in [6.45, 7) is 0.154. The minimum Gasteiger partial charge on any atom is -0.384 e. The molecule has 0 saturated carbocycles. The average Bonchev–Trinajstić information content (AvgIpc) is 2.16. The molecular formula is C8H12N4O3S. The fourth-order valence-electron chi connectivity index (χ4n) is 1.01. The topological polar surface area (TPSA) is 128 Å². The molecule has 0 bridgehead atoms. The van der Waals surface area contributed by atoms with E-state index < -0.39 is 15.9 Å². The number of aromatic nitrogens is 1. The minimum atomic E-state index is -3.49. The van der Waals surface area contributed by atoms with Crippen LogP contribution in [0.2, 0.25) is 0 Å². The molecule has 7 nitrogen and oxygen atoms in total. The lowest BCUT2D eigenvalue weighted by molar-refractivity contribution is 0.0995. The van der Waals surface area contributed by atoms with Crippen LogP contribution in [0.1, 0.15) is 10.5 Å². The molecule has 1 heterocycles. The quantitative estimate of drug-likeness (QED) is 0.604. The van der Waals surface area contributed by atoms with E-state index >= 15 is 0 Å². The fourth-order valence-corrected chi connectivity index (χ4v) is 1.40. The third-order valence-corrected chi connectivity index (χ3v) is 2.50. The maximum Gasteiger partial charge on any atom is 0.267 e. The van der Waals surface area contributed by atoms with Gasteiger partial charge in [-0.3, -0.25) is 9.78 Å². The van der Waals surface area contributed by atoms with E-state index in [2.05, 4.69) is 10.3 Å². The van der Waals surface area contributed by atoms with Crippen LogP contribution in [0.3, 0.4) is 0 Å². The molecule has 5 N–H and O–H groups in total. The second-order valence-electron chi connectivity index (χ2n) is 3.09. The molecule has 0 aliphatic heterocycles. The molecule has 0 fully saturated rings. The molecule has 0 aliphatic carbocycles. The zero-order valence-electron chi connectivity index (χ0n) is 8.38. The molecule has 1 rings (SSSR count). The van der Waals surface area contributed by atoms with Gasteiger partial charge >= 0.3 is 0 Å². The number of primary amides is 1. The summed E-state index contributed by atoms with van der Waals surface area (Å²) in [7, 11) is -3.49. The van der Waals surface area contributed by atoms with E-state index in [0.29, 0.717) is 5.69 Å². The summed E-state index contributed by atoms with van der Waals surface area (Å²) in [6.07, 6.45) is 1.40. The fraction of sp³-hybridized carbons (Fsp3) is 0.250. The number of nitrogens with one attached hydrogen (secondary N) is 1. The minimum absolute atomic E-state index is 0.112. The normalized spacial score (nSPS) is 11.1. The number of nitrogens with zero attached hydrogens (tertiary/aromatic N) is 1. The summed E-state index contributed by atoms with van der Waals surface area (Å²) in [4.78, 5) is 14.5. The number of carbonyl (C=O) groups excluding carboxylic acids is 1. The molecule has 0 spiro atoms. The van der Waals surface area contributed by atoms with Gasteiger partial charge in [0, 0.05) is 18.4 Å². The van der Waals surface area contributed by atoms with Crippen LogP contribution >= 0.6 is 0 Å². The van der Waals surface area contributed by atoms with Gasteiger partial charge in [-0.15, -0.1) is 0 Å². The summed E-state index contributed by atoms with van der Waals surface area (Å²) >= 11 is 0. The summed E-state index contributed by atoms with van der Waals surface area (Å²) in [5.41, 5.74) is 5.71. The van der Waals surface area contributed by atoms with Gasteiger partial charge in [0.05, 0.1) is 5.75 Å². The van der Waals surface area contributed by atoms with Crippen molar-refractivity contribution in [2.75, 3.05) is 17.6 Å². The van der Waals surface area contributed by atoms with Gasteiger partial charge in [-0.1, -0.05) is 0 Å². The maximum atomic E-state index is 10.8. The van der Waals surface area contributed by atoms with Gasteiger partial charge in [0.2, 0.25) is 10.0 Å². The number of hydrogen-bond donors (Lipinski definition) is 3. The van der Waals surface area contributed by atoms with Crippen molar-refractivity contribution in [3.05, 3.63) is 24.0 Å². The van der Waals surface area contributed by atoms with E-state index in [-0.39, 0.29) is 18.0 Å². The lowest BCUT2D eigenvalue weighted by Crippen LogP contribution is -2.22. The second-order valence-corrected chi connectivity index (χ2v) is 4.82. The van der Waals surface area contributed by atoms with Crippen molar-refractivity contribution in [1.29, 1.82) is 0 Å². The number of hydrogen-bond acceptors (Lipinski definition) is 5. The highest BCUT2D eigenvalue weighted by Gasteiger charge is 2.04. The zero-order chi connectivity index (χ0) is 12.2. The van der Waals surface area contributed by atoms with Crippen LogP contribution < -0.4 is 16.2 Å². The first-order chi connectivity index (χ1) is 7.38. The molecule has 0 atom stereocenters. The lowest BCUT2D eigenvalue weighted by Gasteiger charge is -2.05. The Balaban J connectivity index is 2.61. The van der Waals surface area contributed by atoms with Crippen LogP contribution in [-0.4, -0.2) is 31.6 Å². The Hall–Kier alpha value is -1.67. The van der Waals surface area contributed by atoms with E-state index in [9.17, 15) is 13.2 Å². The average molecular weight is 244 g/mol. The first-order valence-corrected chi connectivity index (χ1v) is 6.10.